The lowest BCUT2D eigenvalue weighted by Crippen LogP contribution is -2.20. The molecule has 0 unspecified atom stereocenters. The van der Waals surface area contributed by atoms with Crippen molar-refractivity contribution in [2.24, 2.45) is 0 Å². The Balaban J connectivity index is 3.14. The fourth-order valence-corrected chi connectivity index (χ4v) is 0.722. The van der Waals surface area contributed by atoms with Crippen LogP contribution in [-0.4, -0.2) is 35.5 Å². The predicted octanol–water partition coefficient (Wildman–Crippen LogP) is 0.639. The van der Waals surface area contributed by atoms with Crippen LogP contribution in [0.1, 0.15) is 26.2 Å². The minimum Gasteiger partial charge on any atom is -0.479 e. The normalized spacial score (nSPS) is 12.8. The molecule has 0 heterocycles. The lowest BCUT2D eigenvalue weighted by Gasteiger charge is -2.07. The molecule has 0 aromatic carbocycles. The Kier molecular flexibility index (Phi) is 6.70. The molecule has 0 spiro atoms. The van der Waals surface area contributed by atoms with Gasteiger partial charge in [-0.1, -0.05) is 0 Å². The lowest BCUT2D eigenvalue weighted by atomic mass is 10.2. The maximum Gasteiger partial charge on any atom is 0.332 e. The zero-order valence-electron chi connectivity index (χ0n) is 7.32. The highest BCUT2D eigenvalue weighted by atomic mass is 16.5. The van der Waals surface area contributed by atoms with Crippen molar-refractivity contribution >= 4 is 5.97 Å². The predicted molar refractivity (Wildman–Crippen MR) is 44.0 cm³/mol. The largest absolute Gasteiger partial charge is 0.479 e. The van der Waals surface area contributed by atoms with Crippen molar-refractivity contribution in [3.8, 4) is 0 Å². The summed E-state index contributed by atoms with van der Waals surface area (Å²) in [5.41, 5.74) is 0. The molecule has 1 atom stereocenters. The summed E-state index contributed by atoms with van der Waals surface area (Å²) in [6.07, 6.45) is 1.71. The minimum absolute atomic E-state index is 0.189. The topological polar surface area (TPSA) is 66.8 Å². The summed E-state index contributed by atoms with van der Waals surface area (Å²) in [6, 6.07) is 0. The number of ether oxygens (including phenoxy) is 1. The van der Waals surface area contributed by atoms with Gasteiger partial charge in [-0.15, -0.1) is 0 Å². The van der Waals surface area contributed by atoms with Crippen LogP contribution in [0.2, 0.25) is 0 Å². The van der Waals surface area contributed by atoms with Gasteiger partial charge in [-0.25, -0.2) is 4.79 Å². The molecular formula is C8H16O4. The smallest absolute Gasteiger partial charge is 0.332 e. The van der Waals surface area contributed by atoms with Crippen LogP contribution in [0.4, 0.5) is 0 Å². The first-order valence-electron chi connectivity index (χ1n) is 4.13. The molecule has 0 bridgehead atoms. The average molecular weight is 176 g/mol. The van der Waals surface area contributed by atoms with Crippen molar-refractivity contribution in [3.63, 3.8) is 0 Å². The van der Waals surface area contributed by atoms with Gasteiger partial charge in [0.25, 0.3) is 0 Å². The van der Waals surface area contributed by atoms with Crippen LogP contribution >= 0.6 is 0 Å². The number of aliphatic carboxylic acids is 1. The first-order chi connectivity index (χ1) is 5.68. The molecule has 2 N–H and O–H groups in total. The van der Waals surface area contributed by atoms with E-state index in [1.807, 2.05) is 0 Å². The van der Waals surface area contributed by atoms with Gasteiger partial charge in [0.05, 0.1) is 0 Å². The fourth-order valence-electron chi connectivity index (χ4n) is 0.722. The molecule has 0 radical (unpaired) electrons. The summed E-state index contributed by atoms with van der Waals surface area (Å²) in [6.45, 7) is 2.15. The number of carbonyl (C=O) groups is 1. The third-order valence-corrected chi connectivity index (χ3v) is 1.52. The molecule has 0 saturated carbocycles. The van der Waals surface area contributed by atoms with Crippen molar-refractivity contribution in [1.29, 1.82) is 0 Å². The van der Waals surface area contributed by atoms with Crippen LogP contribution in [0.15, 0.2) is 0 Å². The Morgan fingerprint density at radius 3 is 2.58 bits per heavy atom. The summed E-state index contributed by atoms with van der Waals surface area (Å²) in [4.78, 5) is 10.3. The molecule has 0 rings (SSSR count). The summed E-state index contributed by atoms with van der Waals surface area (Å²) >= 11 is 0. The highest BCUT2D eigenvalue weighted by Crippen LogP contribution is 1.97. The van der Waals surface area contributed by atoms with E-state index in [4.69, 9.17) is 14.9 Å². The second kappa shape index (κ2) is 7.06. The second-order valence-electron chi connectivity index (χ2n) is 2.64. The molecule has 0 saturated heterocycles. The zero-order valence-corrected chi connectivity index (χ0v) is 7.32. The Bertz CT molecular complexity index is 124. The Labute approximate surface area is 72.2 Å². The number of unbranched alkanes of at least 4 members (excludes halogenated alkanes) is 2. The molecule has 0 fully saturated rings. The lowest BCUT2D eigenvalue weighted by molar-refractivity contribution is -0.149. The number of hydrogen-bond donors (Lipinski definition) is 2. The van der Waals surface area contributed by atoms with Crippen LogP contribution in [0.3, 0.4) is 0 Å². The molecule has 0 aromatic heterocycles. The minimum atomic E-state index is -0.933. The molecule has 0 aromatic rings. The Morgan fingerprint density at radius 1 is 1.42 bits per heavy atom. The number of carboxylic acids is 1. The third kappa shape index (κ3) is 6.12. The van der Waals surface area contributed by atoms with Crippen molar-refractivity contribution in [2.45, 2.75) is 32.3 Å². The van der Waals surface area contributed by atoms with Crippen LogP contribution in [0.5, 0.6) is 0 Å². The van der Waals surface area contributed by atoms with E-state index in [9.17, 15) is 4.79 Å². The van der Waals surface area contributed by atoms with Gasteiger partial charge < -0.3 is 14.9 Å². The number of hydrogen-bond acceptors (Lipinski definition) is 3. The van der Waals surface area contributed by atoms with Crippen molar-refractivity contribution < 1.29 is 19.7 Å². The number of rotatable bonds is 7. The molecule has 0 aliphatic heterocycles. The van der Waals surface area contributed by atoms with Crippen molar-refractivity contribution in [1.82, 2.24) is 0 Å². The van der Waals surface area contributed by atoms with Gasteiger partial charge in [-0.2, -0.15) is 0 Å². The molecule has 12 heavy (non-hydrogen) atoms. The first-order valence-corrected chi connectivity index (χ1v) is 4.13. The Hall–Kier alpha value is -0.610. The van der Waals surface area contributed by atoms with Crippen LogP contribution in [0.25, 0.3) is 0 Å². The molecule has 72 valence electrons. The van der Waals surface area contributed by atoms with E-state index >= 15 is 0 Å². The SMILES string of the molecule is C[C@H](OCCCCCO)C(=O)O. The summed E-state index contributed by atoms with van der Waals surface area (Å²) in [5.74, 6) is -0.933. The van der Waals surface area contributed by atoms with E-state index in [0.717, 1.165) is 19.3 Å². The Morgan fingerprint density at radius 2 is 2.08 bits per heavy atom. The molecule has 4 heteroatoms. The second-order valence-corrected chi connectivity index (χ2v) is 2.64. The maximum atomic E-state index is 10.3. The monoisotopic (exact) mass is 176 g/mol. The maximum absolute atomic E-state index is 10.3. The highest BCUT2D eigenvalue weighted by Gasteiger charge is 2.09. The molecule has 0 aliphatic rings. The van der Waals surface area contributed by atoms with E-state index in [-0.39, 0.29) is 6.61 Å². The standard InChI is InChI=1S/C8H16O4/c1-7(8(10)11)12-6-4-2-3-5-9/h7,9H,2-6H2,1H3,(H,10,11)/t7-/m0/s1. The molecular weight excluding hydrogens is 160 g/mol. The highest BCUT2D eigenvalue weighted by molar-refractivity contribution is 5.71. The van der Waals surface area contributed by atoms with Crippen molar-refractivity contribution in [2.75, 3.05) is 13.2 Å². The first kappa shape index (κ1) is 11.4. The van der Waals surface area contributed by atoms with E-state index in [2.05, 4.69) is 0 Å². The van der Waals surface area contributed by atoms with Gasteiger partial charge in [-0.05, 0) is 26.2 Å². The van der Waals surface area contributed by atoms with Gasteiger partial charge >= 0.3 is 5.97 Å². The van der Waals surface area contributed by atoms with Crippen LogP contribution < -0.4 is 0 Å². The quantitative estimate of drug-likeness (QED) is 0.558. The number of aliphatic hydroxyl groups excluding tert-OH is 1. The number of aliphatic hydroxyl groups is 1. The fraction of sp³-hybridized carbons (Fsp3) is 0.875. The molecule has 0 amide bonds. The molecule has 4 nitrogen and oxygen atoms in total. The van der Waals surface area contributed by atoms with Gasteiger partial charge in [-0.3, -0.25) is 0 Å². The van der Waals surface area contributed by atoms with Crippen LogP contribution in [-0.2, 0) is 9.53 Å². The summed E-state index contributed by atoms with van der Waals surface area (Å²) in [7, 11) is 0. The summed E-state index contributed by atoms with van der Waals surface area (Å²) < 4.78 is 4.97. The van der Waals surface area contributed by atoms with E-state index < -0.39 is 12.1 Å². The van der Waals surface area contributed by atoms with Gasteiger partial charge in [0.1, 0.15) is 0 Å². The summed E-state index contributed by atoms with van der Waals surface area (Å²) in [5, 5.41) is 16.8. The van der Waals surface area contributed by atoms with E-state index in [1.54, 1.807) is 0 Å². The average Bonchev–Trinajstić information content (AvgIpc) is 2.03. The van der Waals surface area contributed by atoms with E-state index in [0.29, 0.717) is 6.61 Å². The zero-order chi connectivity index (χ0) is 9.40. The van der Waals surface area contributed by atoms with Gasteiger partial charge in [0.15, 0.2) is 6.10 Å². The van der Waals surface area contributed by atoms with Crippen molar-refractivity contribution in [3.05, 3.63) is 0 Å². The van der Waals surface area contributed by atoms with Crippen LogP contribution in [0, 0.1) is 0 Å². The third-order valence-electron chi connectivity index (χ3n) is 1.52. The van der Waals surface area contributed by atoms with Gasteiger partial charge in [0, 0.05) is 13.2 Å². The van der Waals surface area contributed by atoms with Gasteiger partial charge in [0.2, 0.25) is 0 Å². The molecule has 0 aliphatic carbocycles. The number of carboxylic acid groups (broad SMARTS) is 1. The van der Waals surface area contributed by atoms with E-state index in [1.165, 1.54) is 6.92 Å².